The van der Waals surface area contributed by atoms with Crippen molar-refractivity contribution in [2.45, 2.75) is 38.6 Å². The number of aromatic nitrogens is 1. The highest BCUT2D eigenvalue weighted by Gasteiger charge is 2.23. The first kappa shape index (κ1) is 21.3. The maximum Gasteiger partial charge on any atom is 0.163 e. The predicted octanol–water partition coefficient (Wildman–Crippen LogP) is 5.34. The molecule has 1 heterocycles. The van der Waals surface area contributed by atoms with Crippen LogP contribution in [0, 0.1) is 5.92 Å². The predicted molar refractivity (Wildman–Crippen MR) is 127 cm³/mol. The fraction of sp³-hybridized carbons (Fsp3) is 0.385. The van der Waals surface area contributed by atoms with Crippen LogP contribution in [-0.4, -0.2) is 47.5 Å². The van der Waals surface area contributed by atoms with Crippen LogP contribution in [0.1, 0.15) is 43.0 Å². The lowest BCUT2D eigenvalue weighted by atomic mass is 9.85. The average molecular weight is 418 g/mol. The van der Waals surface area contributed by atoms with Crippen LogP contribution in [0.15, 0.2) is 48.7 Å². The lowest BCUT2D eigenvalue weighted by Crippen LogP contribution is -2.31. The van der Waals surface area contributed by atoms with Crippen LogP contribution in [0.25, 0.3) is 22.0 Å². The summed E-state index contributed by atoms with van der Waals surface area (Å²) in [5.74, 6) is 1.01. The molecule has 1 aromatic heterocycles. The number of aromatic hydroxyl groups is 1. The Kier molecular flexibility index (Phi) is 6.23. The number of nitrogens with one attached hydrogen (secondary N) is 1. The molecule has 5 heteroatoms. The lowest BCUT2D eigenvalue weighted by Gasteiger charge is -2.32. The van der Waals surface area contributed by atoms with Crippen LogP contribution in [0.2, 0.25) is 0 Å². The quantitative estimate of drug-likeness (QED) is 0.530. The van der Waals surface area contributed by atoms with Gasteiger partial charge in [0.05, 0.1) is 16.8 Å². The molecule has 2 aromatic carbocycles. The number of carbonyl (C=O) groups is 1. The number of hydrogen-bond acceptors (Lipinski definition) is 5. The number of rotatable bonds is 6. The fourth-order valence-electron chi connectivity index (χ4n) is 4.66. The third-order valence-electron chi connectivity index (χ3n) is 6.27. The molecule has 0 atom stereocenters. The van der Waals surface area contributed by atoms with E-state index in [1.54, 1.807) is 25.3 Å². The molecular weight excluding hydrogens is 386 g/mol. The zero-order valence-corrected chi connectivity index (χ0v) is 18.6. The minimum Gasteiger partial charge on any atom is -0.508 e. The number of anilines is 1. The van der Waals surface area contributed by atoms with Gasteiger partial charge >= 0.3 is 0 Å². The molecule has 0 spiro atoms. The monoisotopic (exact) mass is 417 g/mol. The molecule has 0 saturated heterocycles. The van der Waals surface area contributed by atoms with Gasteiger partial charge < -0.3 is 15.3 Å². The molecule has 1 aliphatic carbocycles. The fourth-order valence-corrected chi connectivity index (χ4v) is 4.66. The Hall–Kier alpha value is -2.92. The summed E-state index contributed by atoms with van der Waals surface area (Å²) in [5, 5.41) is 14.3. The molecule has 0 bridgehead atoms. The first-order valence-corrected chi connectivity index (χ1v) is 11.0. The van der Waals surface area contributed by atoms with Crippen LogP contribution in [-0.2, 0) is 0 Å². The highest BCUT2D eigenvalue weighted by atomic mass is 16.3. The molecule has 1 saturated carbocycles. The third-order valence-corrected chi connectivity index (χ3v) is 6.27. The van der Waals surface area contributed by atoms with Gasteiger partial charge in [0.2, 0.25) is 0 Å². The van der Waals surface area contributed by atoms with Crippen molar-refractivity contribution in [1.82, 2.24) is 9.88 Å². The SMILES string of the molecule is CC(=O)c1cnc2ccc(-c3ccc(O)cc3)cc2c1NC1CCC(CN(C)C)CC1. The van der Waals surface area contributed by atoms with E-state index in [1.807, 2.05) is 24.3 Å². The van der Waals surface area contributed by atoms with E-state index in [0.29, 0.717) is 11.6 Å². The summed E-state index contributed by atoms with van der Waals surface area (Å²) in [6.07, 6.45) is 6.32. The highest BCUT2D eigenvalue weighted by molar-refractivity contribution is 6.07. The van der Waals surface area contributed by atoms with E-state index in [2.05, 4.69) is 35.4 Å². The van der Waals surface area contributed by atoms with Gasteiger partial charge in [-0.3, -0.25) is 9.78 Å². The first-order chi connectivity index (χ1) is 14.9. The molecule has 1 aliphatic rings. The van der Waals surface area contributed by atoms with Gasteiger partial charge in [-0.1, -0.05) is 18.2 Å². The number of Topliss-reactive ketones (excluding diaryl/α,β-unsaturated/α-hetero) is 1. The third kappa shape index (κ3) is 4.88. The summed E-state index contributed by atoms with van der Waals surface area (Å²) in [6, 6.07) is 13.7. The van der Waals surface area contributed by atoms with Gasteiger partial charge in [0.1, 0.15) is 5.75 Å². The maximum atomic E-state index is 12.4. The first-order valence-electron chi connectivity index (χ1n) is 11.0. The number of ketones is 1. The molecule has 0 amide bonds. The number of pyridine rings is 1. The van der Waals surface area contributed by atoms with Crippen LogP contribution in [0.5, 0.6) is 5.75 Å². The van der Waals surface area contributed by atoms with Gasteiger partial charge in [0.25, 0.3) is 0 Å². The minimum atomic E-state index is 0.0215. The summed E-state index contributed by atoms with van der Waals surface area (Å²) in [5.41, 5.74) is 4.46. The van der Waals surface area contributed by atoms with Gasteiger partial charge in [-0.15, -0.1) is 0 Å². The second-order valence-corrected chi connectivity index (χ2v) is 9.01. The molecule has 0 radical (unpaired) electrons. The lowest BCUT2D eigenvalue weighted by molar-refractivity contribution is 0.101. The van der Waals surface area contributed by atoms with Crippen molar-refractivity contribution >= 4 is 22.4 Å². The largest absolute Gasteiger partial charge is 0.508 e. The molecule has 0 unspecified atom stereocenters. The standard InChI is InChI=1S/C26H31N3O2/c1-17(30)24-15-27-25-13-8-20(19-6-11-22(31)12-7-19)14-23(25)26(24)28-21-9-4-18(5-10-21)16-29(2)3/h6-8,11-15,18,21,31H,4-5,9-10,16H2,1-3H3,(H,27,28). The van der Waals surface area contributed by atoms with Crippen molar-refractivity contribution in [2.24, 2.45) is 5.92 Å². The molecule has 2 N–H and O–H groups in total. The second-order valence-electron chi connectivity index (χ2n) is 9.01. The minimum absolute atomic E-state index is 0.0215. The number of carbonyl (C=O) groups excluding carboxylic acids is 1. The van der Waals surface area contributed by atoms with E-state index in [0.717, 1.165) is 53.0 Å². The van der Waals surface area contributed by atoms with Crippen molar-refractivity contribution < 1.29 is 9.90 Å². The Labute approximate surface area is 184 Å². The van der Waals surface area contributed by atoms with Crippen molar-refractivity contribution in [3.8, 4) is 16.9 Å². The Bertz CT molecular complexity index is 1070. The molecule has 3 aromatic rings. The maximum absolute atomic E-state index is 12.4. The molecule has 5 nitrogen and oxygen atoms in total. The van der Waals surface area contributed by atoms with E-state index < -0.39 is 0 Å². The zero-order valence-electron chi connectivity index (χ0n) is 18.6. The van der Waals surface area contributed by atoms with Crippen LogP contribution in [0.3, 0.4) is 0 Å². The summed E-state index contributed by atoms with van der Waals surface area (Å²) in [4.78, 5) is 19.2. The van der Waals surface area contributed by atoms with E-state index in [-0.39, 0.29) is 11.5 Å². The molecule has 162 valence electrons. The molecule has 31 heavy (non-hydrogen) atoms. The Morgan fingerprint density at radius 3 is 2.39 bits per heavy atom. The van der Waals surface area contributed by atoms with Crippen molar-refractivity contribution in [3.05, 3.63) is 54.2 Å². The molecule has 1 fully saturated rings. The summed E-state index contributed by atoms with van der Waals surface area (Å²) < 4.78 is 0. The van der Waals surface area contributed by atoms with Gasteiger partial charge in [-0.2, -0.15) is 0 Å². The van der Waals surface area contributed by atoms with Crippen LogP contribution < -0.4 is 5.32 Å². The highest BCUT2D eigenvalue weighted by Crippen LogP contribution is 2.34. The molecule has 0 aliphatic heterocycles. The average Bonchev–Trinajstić information content (AvgIpc) is 2.75. The van der Waals surface area contributed by atoms with E-state index in [1.165, 1.54) is 12.8 Å². The molecular formula is C26H31N3O2. The van der Waals surface area contributed by atoms with Gasteiger partial charge in [-0.05, 0) is 88.0 Å². The number of phenolic OH excluding ortho intramolecular Hbond substituents is 1. The number of fused-ring (bicyclic) bond motifs is 1. The number of phenols is 1. The second kappa shape index (κ2) is 9.06. The topological polar surface area (TPSA) is 65.5 Å². The number of hydrogen-bond donors (Lipinski definition) is 2. The Morgan fingerprint density at radius 2 is 1.74 bits per heavy atom. The number of nitrogens with zero attached hydrogens (tertiary/aromatic N) is 2. The van der Waals surface area contributed by atoms with Crippen molar-refractivity contribution in [3.63, 3.8) is 0 Å². The normalized spacial score (nSPS) is 19.0. The van der Waals surface area contributed by atoms with E-state index in [9.17, 15) is 9.90 Å². The smallest absolute Gasteiger partial charge is 0.163 e. The van der Waals surface area contributed by atoms with Crippen molar-refractivity contribution in [2.75, 3.05) is 26.0 Å². The Balaban J connectivity index is 1.67. The van der Waals surface area contributed by atoms with Gasteiger partial charge in [-0.25, -0.2) is 0 Å². The zero-order chi connectivity index (χ0) is 22.0. The van der Waals surface area contributed by atoms with Gasteiger partial charge in [0.15, 0.2) is 5.78 Å². The molecule has 4 rings (SSSR count). The summed E-state index contributed by atoms with van der Waals surface area (Å²) in [7, 11) is 4.27. The summed E-state index contributed by atoms with van der Waals surface area (Å²) in [6.45, 7) is 2.74. The van der Waals surface area contributed by atoms with Crippen LogP contribution in [0.4, 0.5) is 5.69 Å². The van der Waals surface area contributed by atoms with Gasteiger partial charge in [0, 0.05) is 24.2 Å². The van der Waals surface area contributed by atoms with E-state index in [4.69, 9.17) is 0 Å². The number of benzene rings is 2. The summed E-state index contributed by atoms with van der Waals surface area (Å²) >= 11 is 0. The van der Waals surface area contributed by atoms with Crippen molar-refractivity contribution in [1.29, 1.82) is 0 Å². The Morgan fingerprint density at radius 1 is 1.06 bits per heavy atom. The van der Waals surface area contributed by atoms with Crippen LogP contribution >= 0.6 is 0 Å². The van der Waals surface area contributed by atoms with E-state index >= 15 is 0 Å².